The van der Waals surface area contributed by atoms with Crippen LogP contribution in [0.25, 0.3) is 16.5 Å². The minimum absolute atomic E-state index is 0.142. The summed E-state index contributed by atoms with van der Waals surface area (Å²) in [6.07, 6.45) is 6.29. The van der Waals surface area contributed by atoms with Gasteiger partial charge in [0.25, 0.3) is 5.56 Å². The number of aromatic nitrogens is 2. The highest BCUT2D eigenvalue weighted by molar-refractivity contribution is 6.31. The van der Waals surface area contributed by atoms with Crippen LogP contribution in [0.5, 0.6) is 0 Å². The second kappa shape index (κ2) is 10.5. The number of para-hydroxylation sites is 1. The summed E-state index contributed by atoms with van der Waals surface area (Å²) in [6.45, 7) is 4.29. The van der Waals surface area contributed by atoms with E-state index in [4.69, 9.17) is 16.6 Å². The van der Waals surface area contributed by atoms with E-state index >= 15 is 0 Å². The number of carboxylic acid groups (broad SMARTS) is 1. The fourth-order valence-electron chi connectivity index (χ4n) is 3.89. The maximum atomic E-state index is 13.1. The van der Waals surface area contributed by atoms with Crippen molar-refractivity contribution < 1.29 is 9.90 Å². The number of nitrogens with zero attached hydrogens (tertiary/aromatic N) is 2. The average molecular weight is 454 g/mol. The molecule has 1 aromatic heterocycles. The number of hydrogen-bond donors (Lipinski definition) is 2. The van der Waals surface area contributed by atoms with Gasteiger partial charge < -0.3 is 10.4 Å². The lowest BCUT2D eigenvalue weighted by atomic mass is 9.98. The van der Waals surface area contributed by atoms with Crippen LogP contribution in [-0.2, 0) is 13.6 Å². The van der Waals surface area contributed by atoms with Gasteiger partial charge in [-0.05, 0) is 61.1 Å². The molecular formula is C25H28ClN3O3. The Bertz CT molecular complexity index is 1230. The Morgan fingerprint density at radius 1 is 1.22 bits per heavy atom. The molecule has 0 radical (unpaired) electrons. The van der Waals surface area contributed by atoms with E-state index in [0.717, 1.165) is 36.8 Å². The molecule has 0 unspecified atom stereocenters. The zero-order valence-electron chi connectivity index (χ0n) is 18.6. The molecule has 0 bridgehead atoms. The van der Waals surface area contributed by atoms with E-state index in [0.29, 0.717) is 34.0 Å². The highest BCUT2D eigenvalue weighted by Crippen LogP contribution is 2.28. The van der Waals surface area contributed by atoms with Crippen LogP contribution in [0.2, 0.25) is 5.02 Å². The second-order valence-electron chi connectivity index (χ2n) is 7.44. The van der Waals surface area contributed by atoms with Crippen LogP contribution < -0.4 is 10.9 Å². The predicted molar refractivity (Wildman–Crippen MR) is 131 cm³/mol. The summed E-state index contributed by atoms with van der Waals surface area (Å²) in [6, 6.07) is 10.1. The Hall–Kier alpha value is -3.12. The third-order valence-electron chi connectivity index (χ3n) is 5.43. The SMILES string of the molecule is CC.Cn1c(C2=CCCCC2)nc2c(CNc3ccccc3C(=O)O)cc(Cl)cc2c1=O. The fourth-order valence-corrected chi connectivity index (χ4v) is 4.13. The van der Waals surface area contributed by atoms with E-state index < -0.39 is 5.97 Å². The first-order chi connectivity index (χ1) is 15.5. The van der Waals surface area contributed by atoms with Crippen molar-refractivity contribution in [3.05, 3.63) is 74.8 Å². The predicted octanol–water partition coefficient (Wildman–Crippen LogP) is 5.88. The molecule has 0 atom stereocenters. The van der Waals surface area contributed by atoms with Crippen molar-refractivity contribution in [3.8, 4) is 0 Å². The van der Waals surface area contributed by atoms with Gasteiger partial charge in [-0.3, -0.25) is 9.36 Å². The maximum absolute atomic E-state index is 13.1. The Morgan fingerprint density at radius 3 is 2.66 bits per heavy atom. The standard InChI is InChI=1S/C23H22ClN3O3.C2H6/c1-27-21(14-7-3-2-4-8-14)26-20-15(11-16(24)12-18(20)22(27)28)13-25-19-10-6-5-9-17(19)23(29)30;1-2/h5-7,9-12,25H,2-4,8,13H2,1H3,(H,29,30);1-2H3. The third-order valence-corrected chi connectivity index (χ3v) is 5.65. The first-order valence-corrected chi connectivity index (χ1v) is 11.3. The molecule has 0 saturated carbocycles. The van der Waals surface area contributed by atoms with Crippen molar-refractivity contribution in [2.75, 3.05) is 5.32 Å². The second-order valence-corrected chi connectivity index (χ2v) is 7.88. The molecule has 0 fully saturated rings. The number of benzene rings is 2. The van der Waals surface area contributed by atoms with Crippen LogP contribution in [0.1, 0.15) is 61.3 Å². The summed E-state index contributed by atoms with van der Waals surface area (Å²) >= 11 is 6.29. The van der Waals surface area contributed by atoms with Gasteiger partial charge in [0.15, 0.2) is 0 Å². The number of fused-ring (bicyclic) bond motifs is 1. The number of aromatic carboxylic acids is 1. The molecule has 1 heterocycles. The summed E-state index contributed by atoms with van der Waals surface area (Å²) in [5.41, 5.74) is 2.96. The Balaban J connectivity index is 0.00000141. The van der Waals surface area contributed by atoms with E-state index in [-0.39, 0.29) is 11.1 Å². The minimum Gasteiger partial charge on any atom is -0.478 e. The quantitative estimate of drug-likeness (QED) is 0.503. The molecule has 168 valence electrons. The lowest BCUT2D eigenvalue weighted by molar-refractivity contribution is 0.0698. The number of carbonyl (C=O) groups is 1. The molecule has 2 aromatic carbocycles. The van der Waals surface area contributed by atoms with Gasteiger partial charge in [-0.25, -0.2) is 9.78 Å². The van der Waals surface area contributed by atoms with Crippen LogP contribution in [0.15, 0.2) is 47.3 Å². The summed E-state index contributed by atoms with van der Waals surface area (Å²) in [7, 11) is 1.74. The number of halogens is 1. The van der Waals surface area contributed by atoms with Crippen molar-refractivity contribution in [1.29, 1.82) is 0 Å². The third kappa shape index (κ3) is 4.86. The summed E-state index contributed by atoms with van der Waals surface area (Å²) in [4.78, 5) is 29.4. The van der Waals surface area contributed by atoms with E-state index in [1.165, 1.54) is 0 Å². The lowest BCUT2D eigenvalue weighted by Gasteiger charge is -2.17. The van der Waals surface area contributed by atoms with Crippen LogP contribution in [0.4, 0.5) is 5.69 Å². The molecule has 4 rings (SSSR count). The van der Waals surface area contributed by atoms with Crippen LogP contribution in [0.3, 0.4) is 0 Å². The number of hydrogen-bond acceptors (Lipinski definition) is 4. The van der Waals surface area contributed by atoms with E-state index in [1.54, 1.807) is 48.0 Å². The highest BCUT2D eigenvalue weighted by Gasteiger charge is 2.17. The highest BCUT2D eigenvalue weighted by atomic mass is 35.5. The summed E-state index contributed by atoms with van der Waals surface area (Å²) < 4.78 is 1.59. The van der Waals surface area contributed by atoms with Crippen LogP contribution >= 0.6 is 11.6 Å². The number of rotatable bonds is 5. The smallest absolute Gasteiger partial charge is 0.337 e. The first kappa shape index (κ1) is 23.5. The average Bonchev–Trinajstić information content (AvgIpc) is 2.82. The molecular weight excluding hydrogens is 426 g/mol. The molecule has 2 N–H and O–H groups in total. The Morgan fingerprint density at radius 2 is 1.97 bits per heavy atom. The summed E-state index contributed by atoms with van der Waals surface area (Å²) in [5.74, 6) is -0.325. The normalized spacial score (nSPS) is 13.2. The van der Waals surface area contributed by atoms with Crippen molar-refractivity contribution in [2.24, 2.45) is 7.05 Å². The van der Waals surface area contributed by atoms with Gasteiger partial charge in [0.05, 0.1) is 16.5 Å². The minimum atomic E-state index is -1.01. The van der Waals surface area contributed by atoms with Crippen molar-refractivity contribution in [2.45, 2.75) is 46.1 Å². The molecule has 0 aliphatic heterocycles. The summed E-state index contributed by atoms with van der Waals surface area (Å²) in [5, 5.41) is 13.5. The van der Waals surface area contributed by atoms with Gasteiger partial charge in [-0.2, -0.15) is 0 Å². The first-order valence-electron chi connectivity index (χ1n) is 10.9. The van der Waals surface area contributed by atoms with Gasteiger partial charge in [0.2, 0.25) is 0 Å². The molecule has 6 nitrogen and oxygen atoms in total. The molecule has 3 aromatic rings. The van der Waals surface area contributed by atoms with Crippen LogP contribution in [-0.4, -0.2) is 20.6 Å². The number of carboxylic acids is 1. The van der Waals surface area contributed by atoms with Gasteiger partial charge in [0, 0.05) is 24.3 Å². The Labute approximate surface area is 192 Å². The van der Waals surface area contributed by atoms with Gasteiger partial charge in [-0.1, -0.05) is 43.7 Å². The van der Waals surface area contributed by atoms with Crippen molar-refractivity contribution >= 4 is 39.7 Å². The molecule has 0 spiro atoms. The topological polar surface area (TPSA) is 84.2 Å². The van der Waals surface area contributed by atoms with E-state index in [9.17, 15) is 14.7 Å². The largest absolute Gasteiger partial charge is 0.478 e. The Kier molecular flexibility index (Phi) is 7.70. The fraction of sp³-hybridized carbons (Fsp3) is 0.320. The molecule has 0 saturated heterocycles. The van der Waals surface area contributed by atoms with Gasteiger partial charge in [-0.15, -0.1) is 0 Å². The maximum Gasteiger partial charge on any atom is 0.337 e. The van der Waals surface area contributed by atoms with Gasteiger partial charge >= 0.3 is 5.97 Å². The monoisotopic (exact) mass is 453 g/mol. The number of allylic oxidation sites excluding steroid dienone is 2. The molecule has 1 aliphatic carbocycles. The molecule has 0 amide bonds. The zero-order valence-corrected chi connectivity index (χ0v) is 19.4. The molecule has 32 heavy (non-hydrogen) atoms. The van der Waals surface area contributed by atoms with Gasteiger partial charge in [0.1, 0.15) is 5.82 Å². The van der Waals surface area contributed by atoms with Crippen molar-refractivity contribution in [3.63, 3.8) is 0 Å². The molecule has 7 heteroatoms. The van der Waals surface area contributed by atoms with Crippen molar-refractivity contribution in [1.82, 2.24) is 9.55 Å². The van der Waals surface area contributed by atoms with E-state index in [1.807, 2.05) is 13.8 Å². The number of nitrogens with one attached hydrogen (secondary N) is 1. The lowest BCUT2D eigenvalue weighted by Crippen LogP contribution is -2.23. The van der Waals surface area contributed by atoms with Crippen LogP contribution in [0, 0.1) is 0 Å². The number of anilines is 1. The zero-order chi connectivity index (χ0) is 23.3. The molecule has 1 aliphatic rings. The van der Waals surface area contributed by atoms with E-state index in [2.05, 4.69) is 11.4 Å².